The van der Waals surface area contributed by atoms with Gasteiger partial charge < -0.3 is 9.30 Å². The number of carbonyl (C=O) groups excluding carboxylic acids is 1. The van der Waals surface area contributed by atoms with E-state index in [0.717, 1.165) is 41.9 Å². The second kappa shape index (κ2) is 7.16. The lowest BCUT2D eigenvalue weighted by Crippen LogP contribution is -2.25. The maximum Gasteiger partial charge on any atom is 0.339 e. The number of benzene rings is 1. The third kappa shape index (κ3) is 2.99. The highest BCUT2D eigenvalue weighted by atomic mass is 16.5. The lowest BCUT2D eigenvalue weighted by molar-refractivity contribution is 0.0599. The van der Waals surface area contributed by atoms with Crippen LogP contribution in [0.3, 0.4) is 0 Å². The third-order valence-electron chi connectivity index (χ3n) is 4.96. The number of methoxy groups -OCH3 is 1. The summed E-state index contributed by atoms with van der Waals surface area (Å²) in [6.07, 6.45) is 4.29. The van der Waals surface area contributed by atoms with Crippen molar-refractivity contribution in [1.29, 1.82) is 5.26 Å². The monoisotopic (exact) mass is 374 g/mol. The highest BCUT2D eigenvalue weighted by Gasteiger charge is 2.24. The zero-order chi connectivity index (χ0) is 19.7. The summed E-state index contributed by atoms with van der Waals surface area (Å²) in [7, 11) is 1.26. The van der Waals surface area contributed by atoms with Gasteiger partial charge in [0.1, 0.15) is 11.6 Å². The fourth-order valence-corrected chi connectivity index (χ4v) is 3.65. The van der Waals surface area contributed by atoms with Gasteiger partial charge in [-0.15, -0.1) is 0 Å². The van der Waals surface area contributed by atoms with Crippen molar-refractivity contribution in [2.75, 3.05) is 7.11 Å². The van der Waals surface area contributed by atoms with Crippen LogP contribution in [0.2, 0.25) is 0 Å². The van der Waals surface area contributed by atoms with Crippen molar-refractivity contribution in [1.82, 2.24) is 14.3 Å². The molecule has 0 amide bonds. The Kier molecular flexibility index (Phi) is 4.53. The summed E-state index contributed by atoms with van der Waals surface area (Å²) in [6.45, 7) is 0.195. The maximum atomic E-state index is 12.6. The van der Waals surface area contributed by atoms with E-state index in [-0.39, 0.29) is 17.7 Å². The van der Waals surface area contributed by atoms with E-state index in [1.165, 1.54) is 23.9 Å². The van der Waals surface area contributed by atoms with E-state index in [1.807, 2.05) is 41.1 Å². The predicted octanol–water partition coefficient (Wildman–Crippen LogP) is 2.23. The maximum absolute atomic E-state index is 12.6. The van der Waals surface area contributed by atoms with Crippen LogP contribution in [0, 0.1) is 11.3 Å². The molecule has 0 spiro atoms. The lowest BCUT2D eigenvalue weighted by atomic mass is 10.1. The highest BCUT2D eigenvalue weighted by molar-refractivity contribution is 5.89. The van der Waals surface area contributed by atoms with Gasteiger partial charge in [-0.2, -0.15) is 10.4 Å². The normalized spacial score (nSPS) is 12.4. The molecule has 0 aliphatic heterocycles. The summed E-state index contributed by atoms with van der Waals surface area (Å²) in [5.74, 6) is -0.592. The standard InChI is InChI=1S/C21H18N4O3/c1-28-21(27)15-10-14(11-22)20(26)24(12-15)13-18-17-8-5-9-19(17)25(23-18)16-6-3-2-4-7-16/h2-4,6-7,10,12H,5,8-9,13H2,1H3. The first-order chi connectivity index (χ1) is 13.6. The molecule has 0 bridgehead atoms. The Labute approximate surface area is 161 Å². The number of carbonyl (C=O) groups is 1. The first-order valence-corrected chi connectivity index (χ1v) is 9.00. The van der Waals surface area contributed by atoms with E-state index in [2.05, 4.69) is 0 Å². The molecule has 28 heavy (non-hydrogen) atoms. The summed E-state index contributed by atoms with van der Waals surface area (Å²) in [5.41, 5.74) is 3.66. The van der Waals surface area contributed by atoms with Crippen molar-refractivity contribution >= 4 is 5.97 Å². The number of fused-ring (bicyclic) bond motifs is 1. The zero-order valence-electron chi connectivity index (χ0n) is 15.4. The third-order valence-corrected chi connectivity index (χ3v) is 4.96. The Bertz CT molecular complexity index is 1150. The molecule has 0 unspecified atom stereocenters. The van der Waals surface area contributed by atoms with E-state index in [1.54, 1.807) is 0 Å². The van der Waals surface area contributed by atoms with Gasteiger partial charge >= 0.3 is 5.97 Å². The minimum Gasteiger partial charge on any atom is -0.465 e. The molecule has 7 nitrogen and oxygen atoms in total. The van der Waals surface area contributed by atoms with Gasteiger partial charge in [0.25, 0.3) is 5.56 Å². The van der Waals surface area contributed by atoms with Gasteiger partial charge in [0.15, 0.2) is 0 Å². The number of aromatic nitrogens is 3. The molecular formula is C21H18N4O3. The van der Waals surface area contributed by atoms with Crippen molar-refractivity contribution in [2.45, 2.75) is 25.8 Å². The molecular weight excluding hydrogens is 356 g/mol. The van der Waals surface area contributed by atoms with Crippen LogP contribution >= 0.6 is 0 Å². The van der Waals surface area contributed by atoms with Gasteiger partial charge in [-0.3, -0.25) is 4.79 Å². The molecule has 1 aliphatic carbocycles. The number of para-hydroxylation sites is 1. The van der Waals surface area contributed by atoms with Gasteiger partial charge in [-0.25, -0.2) is 9.48 Å². The van der Waals surface area contributed by atoms with Crippen LogP contribution in [0.25, 0.3) is 5.69 Å². The van der Waals surface area contributed by atoms with Gasteiger partial charge in [0.05, 0.1) is 30.6 Å². The molecule has 0 atom stereocenters. The molecule has 0 saturated carbocycles. The fraction of sp³-hybridized carbons (Fsp3) is 0.238. The SMILES string of the molecule is COC(=O)c1cc(C#N)c(=O)n(Cc2nn(-c3ccccc3)c3c2CCC3)c1. The Balaban J connectivity index is 1.80. The van der Waals surface area contributed by atoms with Crippen LogP contribution in [0.4, 0.5) is 0 Å². The molecule has 0 N–H and O–H groups in total. The van der Waals surface area contributed by atoms with Gasteiger partial charge in [-0.05, 0) is 43.0 Å². The zero-order valence-corrected chi connectivity index (χ0v) is 15.4. The molecule has 7 heteroatoms. The predicted molar refractivity (Wildman–Crippen MR) is 101 cm³/mol. The molecule has 0 radical (unpaired) electrons. The summed E-state index contributed by atoms with van der Waals surface area (Å²) in [5, 5.41) is 14.0. The molecule has 4 rings (SSSR count). The van der Waals surface area contributed by atoms with Crippen LogP contribution in [0.1, 0.15) is 39.3 Å². The van der Waals surface area contributed by atoms with E-state index in [9.17, 15) is 14.9 Å². The summed E-state index contributed by atoms with van der Waals surface area (Å²) in [4.78, 5) is 24.5. The molecule has 1 aromatic carbocycles. The molecule has 0 saturated heterocycles. The number of pyridine rings is 1. The van der Waals surface area contributed by atoms with Gasteiger partial charge in [0, 0.05) is 11.9 Å². The molecule has 3 aromatic rings. The van der Waals surface area contributed by atoms with E-state index >= 15 is 0 Å². The van der Waals surface area contributed by atoms with Crippen molar-refractivity contribution in [2.24, 2.45) is 0 Å². The number of rotatable bonds is 4. The van der Waals surface area contributed by atoms with Crippen molar-refractivity contribution < 1.29 is 9.53 Å². The minimum absolute atomic E-state index is 0.0953. The summed E-state index contributed by atoms with van der Waals surface area (Å²) >= 11 is 0. The number of ether oxygens (including phenoxy) is 1. The average Bonchev–Trinajstić information content (AvgIpc) is 3.33. The molecule has 2 aromatic heterocycles. The van der Waals surface area contributed by atoms with Crippen LogP contribution < -0.4 is 5.56 Å². The van der Waals surface area contributed by atoms with Crippen LogP contribution in [0.15, 0.2) is 47.4 Å². The van der Waals surface area contributed by atoms with Crippen LogP contribution in [0.5, 0.6) is 0 Å². The topological polar surface area (TPSA) is 89.9 Å². The van der Waals surface area contributed by atoms with Crippen molar-refractivity contribution in [3.8, 4) is 11.8 Å². The number of nitriles is 1. The van der Waals surface area contributed by atoms with Crippen molar-refractivity contribution in [3.63, 3.8) is 0 Å². The Morgan fingerprint density at radius 3 is 2.79 bits per heavy atom. The van der Waals surface area contributed by atoms with Crippen LogP contribution in [-0.4, -0.2) is 27.4 Å². The second-order valence-electron chi connectivity index (χ2n) is 6.65. The molecule has 0 fully saturated rings. The first-order valence-electron chi connectivity index (χ1n) is 9.00. The number of hydrogen-bond acceptors (Lipinski definition) is 5. The highest BCUT2D eigenvalue weighted by Crippen LogP contribution is 2.28. The number of nitrogens with zero attached hydrogens (tertiary/aromatic N) is 4. The van der Waals surface area contributed by atoms with Crippen molar-refractivity contribution in [3.05, 3.63) is 81.0 Å². The average molecular weight is 374 g/mol. The smallest absolute Gasteiger partial charge is 0.339 e. The number of esters is 1. The van der Waals surface area contributed by atoms with Crippen LogP contribution in [-0.2, 0) is 24.1 Å². The minimum atomic E-state index is -0.592. The number of hydrogen-bond donors (Lipinski definition) is 0. The second-order valence-corrected chi connectivity index (χ2v) is 6.65. The van der Waals surface area contributed by atoms with Gasteiger partial charge in [0.2, 0.25) is 0 Å². The lowest BCUT2D eigenvalue weighted by Gasteiger charge is -2.08. The molecule has 1 aliphatic rings. The molecule has 2 heterocycles. The van der Waals surface area contributed by atoms with E-state index in [4.69, 9.17) is 9.84 Å². The van der Waals surface area contributed by atoms with E-state index in [0.29, 0.717) is 0 Å². The Morgan fingerprint density at radius 1 is 1.29 bits per heavy atom. The van der Waals surface area contributed by atoms with E-state index < -0.39 is 11.5 Å². The molecule has 140 valence electrons. The quantitative estimate of drug-likeness (QED) is 0.653. The Hall–Kier alpha value is -3.66. The first kappa shape index (κ1) is 17.7. The Morgan fingerprint density at radius 2 is 2.07 bits per heavy atom. The largest absolute Gasteiger partial charge is 0.465 e. The summed E-state index contributed by atoms with van der Waals surface area (Å²) in [6, 6.07) is 13.0. The fourth-order valence-electron chi connectivity index (χ4n) is 3.65. The summed E-state index contributed by atoms with van der Waals surface area (Å²) < 4.78 is 8.02. The van der Waals surface area contributed by atoms with Gasteiger partial charge in [-0.1, -0.05) is 18.2 Å².